The molecule has 1 aromatic heterocycles. The number of phenolic OH excluding ortho intramolecular Hbond substituents is 1. The van der Waals surface area contributed by atoms with Gasteiger partial charge in [-0.25, -0.2) is 0 Å². The number of methoxy groups -OCH3 is 5. The predicted octanol–water partition coefficient (Wildman–Crippen LogP) is 6.18. The summed E-state index contributed by atoms with van der Waals surface area (Å²) in [6, 6.07) is 17.2. The van der Waals surface area contributed by atoms with Gasteiger partial charge in [0.25, 0.3) is 0 Å². The van der Waals surface area contributed by atoms with Gasteiger partial charge in [0.1, 0.15) is 5.75 Å². The van der Waals surface area contributed by atoms with E-state index >= 15 is 0 Å². The Morgan fingerprint density at radius 3 is 1.75 bits per heavy atom. The molecule has 7 nitrogen and oxygen atoms in total. The van der Waals surface area contributed by atoms with Crippen LogP contribution in [-0.2, 0) is 0 Å². The van der Waals surface area contributed by atoms with Crippen LogP contribution in [0.25, 0.3) is 28.1 Å². The Kier molecular flexibility index (Phi) is 7.01. The fourth-order valence-electron chi connectivity index (χ4n) is 4.55. The van der Waals surface area contributed by atoms with Crippen LogP contribution in [0.2, 0.25) is 0 Å². The summed E-state index contributed by atoms with van der Waals surface area (Å²) >= 11 is 0. The number of benzene rings is 3. The first-order chi connectivity index (χ1) is 17.4. The molecule has 0 amide bonds. The molecule has 4 aromatic rings. The Morgan fingerprint density at radius 2 is 1.25 bits per heavy atom. The normalized spacial score (nSPS) is 10.8. The molecule has 0 fully saturated rings. The highest BCUT2D eigenvalue weighted by Crippen LogP contribution is 2.47. The van der Waals surface area contributed by atoms with Crippen molar-refractivity contribution >= 4 is 0 Å². The minimum Gasteiger partial charge on any atom is -0.504 e. The highest BCUT2D eigenvalue weighted by atomic mass is 16.5. The molecule has 7 heteroatoms. The van der Waals surface area contributed by atoms with Crippen LogP contribution in [0.5, 0.6) is 34.5 Å². The Labute approximate surface area is 211 Å². The summed E-state index contributed by atoms with van der Waals surface area (Å²) in [6.45, 7) is 4.16. The zero-order valence-electron chi connectivity index (χ0n) is 21.6. The van der Waals surface area contributed by atoms with E-state index in [0.29, 0.717) is 23.0 Å². The van der Waals surface area contributed by atoms with E-state index in [1.165, 1.54) is 7.11 Å². The molecule has 0 atom stereocenters. The fraction of sp³-hybridized carbons (Fsp3) is 0.241. The first-order valence-electron chi connectivity index (χ1n) is 11.4. The summed E-state index contributed by atoms with van der Waals surface area (Å²) < 4.78 is 29.7. The van der Waals surface area contributed by atoms with Gasteiger partial charge in [0.15, 0.2) is 23.0 Å². The van der Waals surface area contributed by atoms with E-state index in [1.54, 1.807) is 40.6 Å². The van der Waals surface area contributed by atoms with Gasteiger partial charge in [-0.1, -0.05) is 0 Å². The van der Waals surface area contributed by atoms with Crippen molar-refractivity contribution in [3.05, 3.63) is 65.9 Å². The molecule has 0 aliphatic heterocycles. The van der Waals surface area contributed by atoms with Crippen molar-refractivity contribution in [2.24, 2.45) is 0 Å². The molecular formula is C29H31NO6. The number of ether oxygens (including phenoxy) is 5. The van der Waals surface area contributed by atoms with Gasteiger partial charge < -0.3 is 33.4 Å². The van der Waals surface area contributed by atoms with Crippen LogP contribution in [0.4, 0.5) is 0 Å². The quantitative estimate of drug-likeness (QED) is 0.319. The molecular weight excluding hydrogens is 458 g/mol. The number of rotatable bonds is 8. The van der Waals surface area contributed by atoms with Gasteiger partial charge in [-0.3, -0.25) is 0 Å². The molecule has 36 heavy (non-hydrogen) atoms. The van der Waals surface area contributed by atoms with Crippen molar-refractivity contribution in [1.82, 2.24) is 4.57 Å². The Balaban J connectivity index is 2.08. The summed E-state index contributed by atoms with van der Waals surface area (Å²) in [4.78, 5) is 0. The van der Waals surface area contributed by atoms with Crippen LogP contribution in [0.3, 0.4) is 0 Å². The minimum absolute atomic E-state index is 0.0589. The largest absolute Gasteiger partial charge is 0.504 e. The Hall–Kier alpha value is -4.26. The average molecular weight is 490 g/mol. The van der Waals surface area contributed by atoms with Crippen molar-refractivity contribution in [2.45, 2.75) is 13.8 Å². The van der Waals surface area contributed by atoms with E-state index in [9.17, 15) is 5.11 Å². The highest BCUT2D eigenvalue weighted by molar-refractivity contribution is 5.89. The molecule has 0 unspecified atom stereocenters. The molecule has 188 valence electrons. The summed E-state index contributed by atoms with van der Waals surface area (Å²) in [5, 5.41) is 10.6. The maximum absolute atomic E-state index is 10.6. The fourth-order valence-corrected chi connectivity index (χ4v) is 4.55. The summed E-state index contributed by atoms with van der Waals surface area (Å²) in [5.74, 6) is 2.88. The molecule has 1 heterocycles. The second-order valence-corrected chi connectivity index (χ2v) is 8.27. The van der Waals surface area contributed by atoms with Crippen molar-refractivity contribution in [3.8, 4) is 62.6 Å². The van der Waals surface area contributed by atoms with Crippen molar-refractivity contribution < 1.29 is 28.8 Å². The number of aromatic hydroxyl groups is 1. The summed E-state index contributed by atoms with van der Waals surface area (Å²) in [7, 11) is 7.97. The summed E-state index contributed by atoms with van der Waals surface area (Å²) in [5.41, 5.74) is 6.68. The lowest BCUT2D eigenvalue weighted by Gasteiger charge is -2.17. The molecule has 0 radical (unpaired) electrons. The van der Waals surface area contributed by atoms with E-state index < -0.39 is 0 Å². The monoisotopic (exact) mass is 489 g/mol. The molecule has 0 bridgehead atoms. The molecule has 0 saturated heterocycles. The first-order valence-corrected chi connectivity index (χ1v) is 11.4. The zero-order valence-corrected chi connectivity index (χ0v) is 21.6. The SMILES string of the molecule is COc1ccc(-n2c(C)c(C)c(-c3cc(OC)c(OC)c(OC)c3)c2-c2ccc(OC)c(O)c2)cc1. The van der Waals surface area contributed by atoms with Crippen molar-refractivity contribution in [2.75, 3.05) is 35.5 Å². The van der Waals surface area contributed by atoms with Crippen LogP contribution < -0.4 is 23.7 Å². The van der Waals surface area contributed by atoms with Gasteiger partial charge in [0, 0.05) is 22.5 Å². The number of hydrogen-bond acceptors (Lipinski definition) is 6. The summed E-state index contributed by atoms with van der Waals surface area (Å²) in [6.07, 6.45) is 0. The third-order valence-corrected chi connectivity index (χ3v) is 6.45. The maximum Gasteiger partial charge on any atom is 0.203 e. The minimum atomic E-state index is 0.0589. The second-order valence-electron chi connectivity index (χ2n) is 8.27. The average Bonchev–Trinajstić information content (AvgIpc) is 3.17. The van der Waals surface area contributed by atoms with E-state index in [-0.39, 0.29) is 5.75 Å². The molecule has 4 rings (SSSR count). The topological polar surface area (TPSA) is 71.3 Å². The van der Waals surface area contributed by atoms with Crippen molar-refractivity contribution in [1.29, 1.82) is 0 Å². The second kappa shape index (κ2) is 10.2. The molecule has 0 aliphatic carbocycles. The number of nitrogens with zero attached hydrogens (tertiary/aromatic N) is 1. The molecule has 0 aliphatic rings. The number of hydrogen-bond donors (Lipinski definition) is 1. The van der Waals surface area contributed by atoms with Gasteiger partial charge in [-0.15, -0.1) is 0 Å². The predicted molar refractivity (Wildman–Crippen MR) is 141 cm³/mol. The Bertz CT molecular complexity index is 1360. The van der Waals surface area contributed by atoms with Crippen LogP contribution in [0.15, 0.2) is 54.6 Å². The maximum atomic E-state index is 10.6. The van der Waals surface area contributed by atoms with Gasteiger partial charge in [0.2, 0.25) is 5.75 Å². The van der Waals surface area contributed by atoms with E-state index in [4.69, 9.17) is 23.7 Å². The van der Waals surface area contributed by atoms with Crippen LogP contribution >= 0.6 is 0 Å². The van der Waals surface area contributed by atoms with E-state index in [0.717, 1.165) is 45.1 Å². The third-order valence-electron chi connectivity index (χ3n) is 6.45. The smallest absolute Gasteiger partial charge is 0.203 e. The van der Waals surface area contributed by atoms with E-state index in [1.807, 2.05) is 42.5 Å². The Morgan fingerprint density at radius 1 is 0.639 bits per heavy atom. The number of phenols is 1. The third kappa shape index (κ3) is 4.17. The van der Waals surface area contributed by atoms with Gasteiger partial charge in [-0.05, 0) is 79.6 Å². The van der Waals surface area contributed by atoms with Crippen molar-refractivity contribution in [3.63, 3.8) is 0 Å². The molecule has 1 N–H and O–H groups in total. The van der Waals surface area contributed by atoms with Gasteiger partial charge in [0.05, 0.1) is 41.2 Å². The molecule has 3 aromatic carbocycles. The van der Waals surface area contributed by atoms with E-state index in [2.05, 4.69) is 18.4 Å². The first kappa shape index (κ1) is 24.9. The van der Waals surface area contributed by atoms with Gasteiger partial charge in [-0.2, -0.15) is 0 Å². The molecule has 0 saturated carbocycles. The number of aromatic nitrogens is 1. The highest BCUT2D eigenvalue weighted by Gasteiger charge is 2.25. The molecule has 0 spiro atoms. The lowest BCUT2D eigenvalue weighted by molar-refractivity contribution is 0.324. The van der Waals surface area contributed by atoms with Crippen LogP contribution in [-0.4, -0.2) is 45.2 Å². The van der Waals surface area contributed by atoms with Crippen LogP contribution in [0, 0.1) is 13.8 Å². The van der Waals surface area contributed by atoms with Gasteiger partial charge >= 0.3 is 0 Å². The lowest BCUT2D eigenvalue weighted by Crippen LogP contribution is -2.00. The zero-order chi connectivity index (χ0) is 26.0. The lowest BCUT2D eigenvalue weighted by atomic mass is 9.96. The van der Waals surface area contributed by atoms with Crippen LogP contribution in [0.1, 0.15) is 11.3 Å². The standard InChI is InChI=1S/C29H31NO6/c1-17-18(2)30(21-9-11-22(32-3)12-10-21)28(19-8-13-24(33-4)23(31)14-19)27(17)20-15-25(34-5)29(36-7)26(16-20)35-6/h8-16,31H,1-7H3.